The molecule has 0 heterocycles. The Hall–Kier alpha value is -0.0400. The normalized spacial score (nSPS) is 19.7. The van der Waals surface area contributed by atoms with Crippen LogP contribution in [0.2, 0.25) is 0 Å². The van der Waals surface area contributed by atoms with Crippen LogP contribution in [0.1, 0.15) is 32.1 Å². The van der Waals surface area contributed by atoms with E-state index >= 15 is 0 Å². The van der Waals surface area contributed by atoms with Crippen LogP contribution in [-0.4, -0.2) is 13.6 Å². The topological polar surface area (TPSA) is 12.0 Å². The standard InChI is InChI=1S/C8H17N/c1-9-7-3-6-8-4-2-5-8/h8-9H,2-7H2,1H3. The van der Waals surface area contributed by atoms with Crippen molar-refractivity contribution in [2.45, 2.75) is 32.1 Å². The Balaban J connectivity index is 1.80. The van der Waals surface area contributed by atoms with Crippen molar-refractivity contribution in [2.75, 3.05) is 13.6 Å². The average Bonchev–Trinajstić information content (AvgIpc) is 1.76. The lowest BCUT2D eigenvalue weighted by Gasteiger charge is -2.24. The van der Waals surface area contributed by atoms with Crippen LogP contribution >= 0.6 is 0 Å². The molecule has 0 saturated heterocycles. The van der Waals surface area contributed by atoms with Crippen molar-refractivity contribution in [1.29, 1.82) is 0 Å². The van der Waals surface area contributed by atoms with Crippen LogP contribution in [-0.2, 0) is 0 Å². The molecule has 0 aromatic heterocycles. The summed E-state index contributed by atoms with van der Waals surface area (Å²) < 4.78 is 0. The third-order valence-corrected chi connectivity index (χ3v) is 2.26. The van der Waals surface area contributed by atoms with Gasteiger partial charge in [-0.3, -0.25) is 0 Å². The fraction of sp³-hybridized carbons (Fsp3) is 1.00. The third kappa shape index (κ3) is 2.35. The molecule has 1 heteroatoms. The highest BCUT2D eigenvalue weighted by atomic mass is 14.8. The van der Waals surface area contributed by atoms with E-state index in [4.69, 9.17) is 0 Å². The summed E-state index contributed by atoms with van der Waals surface area (Å²) in [6.45, 7) is 1.20. The summed E-state index contributed by atoms with van der Waals surface area (Å²) in [6.07, 6.45) is 7.33. The molecule has 1 fully saturated rings. The SMILES string of the molecule is CNCCCC1CCC1. The zero-order valence-electron chi connectivity index (χ0n) is 6.32. The monoisotopic (exact) mass is 127 g/mol. The summed E-state index contributed by atoms with van der Waals surface area (Å²) in [4.78, 5) is 0. The lowest BCUT2D eigenvalue weighted by Crippen LogP contribution is -2.14. The van der Waals surface area contributed by atoms with Gasteiger partial charge in [-0.15, -0.1) is 0 Å². The van der Waals surface area contributed by atoms with Gasteiger partial charge in [0.05, 0.1) is 0 Å². The van der Waals surface area contributed by atoms with Crippen molar-refractivity contribution < 1.29 is 0 Å². The van der Waals surface area contributed by atoms with Crippen LogP contribution < -0.4 is 5.32 Å². The van der Waals surface area contributed by atoms with E-state index in [9.17, 15) is 0 Å². The molecule has 1 nitrogen and oxygen atoms in total. The van der Waals surface area contributed by atoms with Gasteiger partial charge in [-0.1, -0.05) is 19.3 Å². The second kappa shape index (κ2) is 3.89. The van der Waals surface area contributed by atoms with Crippen LogP contribution in [0.15, 0.2) is 0 Å². The maximum absolute atomic E-state index is 3.17. The quantitative estimate of drug-likeness (QED) is 0.568. The molecular formula is C8H17N. The van der Waals surface area contributed by atoms with Gasteiger partial charge in [0.25, 0.3) is 0 Å². The van der Waals surface area contributed by atoms with Crippen molar-refractivity contribution in [3.63, 3.8) is 0 Å². The van der Waals surface area contributed by atoms with Crippen LogP contribution in [0.25, 0.3) is 0 Å². The minimum absolute atomic E-state index is 1.10. The fourth-order valence-electron chi connectivity index (χ4n) is 1.35. The van der Waals surface area contributed by atoms with Crippen LogP contribution in [0.4, 0.5) is 0 Å². The highest BCUT2D eigenvalue weighted by Gasteiger charge is 2.15. The molecule has 1 aliphatic carbocycles. The van der Waals surface area contributed by atoms with Gasteiger partial charge in [-0.2, -0.15) is 0 Å². The summed E-state index contributed by atoms with van der Waals surface area (Å²) >= 11 is 0. The number of hydrogen-bond acceptors (Lipinski definition) is 1. The van der Waals surface area contributed by atoms with Crippen molar-refractivity contribution in [1.82, 2.24) is 5.32 Å². The van der Waals surface area contributed by atoms with Crippen molar-refractivity contribution in [2.24, 2.45) is 5.92 Å². The zero-order chi connectivity index (χ0) is 6.53. The van der Waals surface area contributed by atoms with Gasteiger partial charge in [-0.05, 0) is 32.4 Å². The van der Waals surface area contributed by atoms with Crippen LogP contribution in [0.3, 0.4) is 0 Å². The first-order valence-electron chi connectivity index (χ1n) is 4.08. The molecule has 1 N–H and O–H groups in total. The Bertz CT molecular complexity index is 67.0. The largest absolute Gasteiger partial charge is 0.320 e. The second-order valence-corrected chi connectivity index (χ2v) is 3.04. The van der Waals surface area contributed by atoms with E-state index in [2.05, 4.69) is 5.32 Å². The van der Waals surface area contributed by atoms with E-state index in [0.29, 0.717) is 0 Å². The molecule has 9 heavy (non-hydrogen) atoms. The van der Waals surface area contributed by atoms with Crippen LogP contribution in [0.5, 0.6) is 0 Å². The van der Waals surface area contributed by atoms with E-state index in [0.717, 1.165) is 5.92 Å². The third-order valence-electron chi connectivity index (χ3n) is 2.26. The maximum Gasteiger partial charge on any atom is -0.00518 e. The molecule has 0 atom stereocenters. The van der Waals surface area contributed by atoms with Gasteiger partial charge in [0.15, 0.2) is 0 Å². The summed E-state index contributed by atoms with van der Waals surface area (Å²) in [6, 6.07) is 0. The van der Waals surface area contributed by atoms with Gasteiger partial charge in [0.2, 0.25) is 0 Å². The molecule has 1 rings (SSSR count). The van der Waals surface area contributed by atoms with E-state index < -0.39 is 0 Å². The van der Waals surface area contributed by atoms with Crippen molar-refractivity contribution in [3.05, 3.63) is 0 Å². The second-order valence-electron chi connectivity index (χ2n) is 3.04. The maximum atomic E-state index is 3.17. The number of nitrogens with one attached hydrogen (secondary N) is 1. The minimum Gasteiger partial charge on any atom is -0.320 e. The van der Waals surface area contributed by atoms with Crippen LogP contribution in [0, 0.1) is 5.92 Å². The fourth-order valence-corrected chi connectivity index (χ4v) is 1.35. The van der Waals surface area contributed by atoms with E-state index in [1.165, 1.54) is 38.6 Å². The van der Waals surface area contributed by atoms with Crippen molar-refractivity contribution >= 4 is 0 Å². The predicted octanol–water partition coefficient (Wildman–Crippen LogP) is 1.79. The molecule has 0 aliphatic heterocycles. The molecule has 0 amide bonds. The molecule has 0 radical (unpaired) electrons. The lowest BCUT2D eigenvalue weighted by atomic mass is 9.82. The molecule has 0 spiro atoms. The van der Waals surface area contributed by atoms with E-state index in [1.807, 2.05) is 7.05 Å². The van der Waals surface area contributed by atoms with E-state index in [1.54, 1.807) is 0 Å². The van der Waals surface area contributed by atoms with Gasteiger partial charge in [0, 0.05) is 0 Å². The van der Waals surface area contributed by atoms with Gasteiger partial charge in [-0.25, -0.2) is 0 Å². The van der Waals surface area contributed by atoms with E-state index in [-0.39, 0.29) is 0 Å². The first-order chi connectivity index (χ1) is 4.43. The lowest BCUT2D eigenvalue weighted by molar-refractivity contribution is 0.289. The zero-order valence-corrected chi connectivity index (χ0v) is 6.32. The van der Waals surface area contributed by atoms with Gasteiger partial charge >= 0.3 is 0 Å². The number of hydrogen-bond donors (Lipinski definition) is 1. The molecule has 0 aromatic rings. The molecule has 1 aliphatic rings. The molecule has 54 valence electrons. The summed E-state index contributed by atoms with van der Waals surface area (Å²) in [7, 11) is 2.03. The Morgan fingerprint density at radius 1 is 1.44 bits per heavy atom. The Morgan fingerprint density at radius 3 is 2.67 bits per heavy atom. The van der Waals surface area contributed by atoms with Crippen molar-refractivity contribution in [3.8, 4) is 0 Å². The molecule has 0 aromatic carbocycles. The highest BCUT2D eigenvalue weighted by Crippen LogP contribution is 2.29. The molecular weight excluding hydrogens is 110 g/mol. The minimum atomic E-state index is 1.10. The molecule has 0 unspecified atom stereocenters. The number of rotatable bonds is 4. The molecule has 0 bridgehead atoms. The van der Waals surface area contributed by atoms with Gasteiger partial charge < -0.3 is 5.32 Å². The first kappa shape index (κ1) is 7.07. The highest BCUT2D eigenvalue weighted by molar-refractivity contribution is 4.69. The first-order valence-corrected chi connectivity index (χ1v) is 4.08. The van der Waals surface area contributed by atoms with Gasteiger partial charge in [0.1, 0.15) is 0 Å². The molecule has 1 saturated carbocycles. The Kier molecular flexibility index (Phi) is 3.05. The summed E-state index contributed by atoms with van der Waals surface area (Å²) in [5.74, 6) is 1.10. The predicted molar refractivity (Wildman–Crippen MR) is 40.5 cm³/mol. The average molecular weight is 127 g/mol. The Labute approximate surface area is 57.8 Å². The Morgan fingerprint density at radius 2 is 2.22 bits per heavy atom. The summed E-state index contributed by atoms with van der Waals surface area (Å²) in [5, 5.41) is 3.17. The smallest absolute Gasteiger partial charge is 0.00518 e. The summed E-state index contributed by atoms with van der Waals surface area (Å²) in [5.41, 5.74) is 0.